The van der Waals surface area contributed by atoms with Crippen LogP contribution in [0.25, 0.3) is 0 Å². The smallest absolute Gasteiger partial charge is 0.203 e. The maximum absolute atomic E-state index is 4.51. The van der Waals surface area contributed by atoms with Crippen molar-refractivity contribution in [1.82, 2.24) is 9.55 Å². The molecule has 0 amide bonds. The molecule has 1 aromatic rings. The van der Waals surface area contributed by atoms with Crippen molar-refractivity contribution in [2.24, 2.45) is 5.92 Å². The van der Waals surface area contributed by atoms with Gasteiger partial charge in [-0.2, -0.15) is 11.8 Å². The molecule has 0 aliphatic carbocycles. The summed E-state index contributed by atoms with van der Waals surface area (Å²) in [6.45, 7) is 8.51. The first-order valence-corrected chi connectivity index (χ1v) is 7.29. The molecule has 3 nitrogen and oxygen atoms in total. The molecule has 0 spiro atoms. The first kappa shape index (κ1) is 13.4. The van der Waals surface area contributed by atoms with Gasteiger partial charge in [0.2, 0.25) is 5.95 Å². The van der Waals surface area contributed by atoms with E-state index in [-0.39, 0.29) is 0 Å². The number of thioether (sulfide) groups is 1. The summed E-state index contributed by atoms with van der Waals surface area (Å²) in [5.41, 5.74) is 1.09. The fourth-order valence-corrected chi connectivity index (χ4v) is 1.95. The molecule has 0 unspecified atom stereocenters. The predicted octanol–water partition coefficient (Wildman–Crippen LogP) is 3.01. The van der Waals surface area contributed by atoms with Crippen LogP contribution in [0.2, 0.25) is 0 Å². The number of rotatable bonds is 7. The van der Waals surface area contributed by atoms with Crippen LogP contribution in [0.1, 0.15) is 26.0 Å². The van der Waals surface area contributed by atoms with E-state index in [1.165, 1.54) is 12.2 Å². The molecule has 0 aliphatic rings. The number of hydrogen-bond acceptors (Lipinski definition) is 3. The standard InChI is InChI=1S/C12H23N3S/c1-10(2)8-13-12-14-11(3)9-15(12)6-5-7-16-4/h9-10H,5-8H2,1-4H3,(H,13,14). The summed E-state index contributed by atoms with van der Waals surface area (Å²) in [6, 6.07) is 0. The average molecular weight is 241 g/mol. The van der Waals surface area contributed by atoms with Crippen LogP contribution in [-0.2, 0) is 6.54 Å². The van der Waals surface area contributed by atoms with Crippen LogP contribution in [0.3, 0.4) is 0 Å². The Morgan fingerprint density at radius 3 is 2.88 bits per heavy atom. The van der Waals surface area contributed by atoms with Crippen LogP contribution < -0.4 is 5.32 Å². The van der Waals surface area contributed by atoms with E-state index in [1.54, 1.807) is 0 Å². The van der Waals surface area contributed by atoms with Crippen molar-refractivity contribution in [2.45, 2.75) is 33.7 Å². The Kier molecular flexibility index (Phi) is 5.74. The van der Waals surface area contributed by atoms with Crippen LogP contribution in [0, 0.1) is 12.8 Å². The second-order valence-corrected chi connectivity index (χ2v) is 5.51. The summed E-state index contributed by atoms with van der Waals surface area (Å²) in [7, 11) is 0. The third-order valence-corrected chi connectivity index (χ3v) is 3.01. The Balaban J connectivity index is 2.53. The molecule has 0 aromatic carbocycles. The Morgan fingerprint density at radius 2 is 2.25 bits per heavy atom. The lowest BCUT2D eigenvalue weighted by Crippen LogP contribution is -2.13. The van der Waals surface area contributed by atoms with Gasteiger partial charge in [0.1, 0.15) is 0 Å². The van der Waals surface area contributed by atoms with Crippen molar-refractivity contribution < 1.29 is 0 Å². The third-order valence-electron chi connectivity index (χ3n) is 2.31. The number of nitrogens with zero attached hydrogens (tertiary/aromatic N) is 2. The van der Waals surface area contributed by atoms with E-state index in [2.05, 4.69) is 41.2 Å². The van der Waals surface area contributed by atoms with Gasteiger partial charge in [0.05, 0.1) is 5.69 Å². The van der Waals surface area contributed by atoms with Gasteiger partial charge in [0, 0.05) is 19.3 Å². The molecule has 0 aliphatic heterocycles. The van der Waals surface area contributed by atoms with Crippen LogP contribution in [0.15, 0.2) is 6.20 Å². The highest BCUT2D eigenvalue weighted by atomic mass is 32.2. The van der Waals surface area contributed by atoms with E-state index in [4.69, 9.17) is 0 Å². The Labute approximate surface area is 103 Å². The topological polar surface area (TPSA) is 29.9 Å². The maximum Gasteiger partial charge on any atom is 0.203 e. The average Bonchev–Trinajstić information content (AvgIpc) is 2.56. The summed E-state index contributed by atoms with van der Waals surface area (Å²) in [6.07, 6.45) is 5.48. The van der Waals surface area contributed by atoms with Crippen molar-refractivity contribution in [2.75, 3.05) is 23.9 Å². The molecule has 1 heterocycles. The molecular weight excluding hydrogens is 218 g/mol. The second-order valence-electron chi connectivity index (χ2n) is 4.52. The van der Waals surface area contributed by atoms with Crippen LogP contribution >= 0.6 is 11.8 Å². The highest BCUT2D eigenvalue weighted by Crippen LogP contribution is 2.11. The number of anilines is 1. The monoisotopic (exact) mass is 241 g/mol. The van der Waals surface area contributed by atoms with Gasteiger partial charge in [-0.15, -0.1) is 0 Å². The van der Waals surface area contributed by atoms with Crippen LogP contribution in [-0.4, -0.2) is 28.1 Å². The molecule has 16 heavy (non-hydrogen) atoms. The normalized spacial score (nSPS) is 11.1. The molecule has 92 valence electrons. The van der Waals surface area contributed by atoms with E-state index < -0.39 is 0 Å². The predicted molar refractivity (Wildman–Crippen MR) is 73.3 cm³/mol. The largest absolute Gasteiger partial charge is 0.355 e. The fourth-order valence-electron chi connectivity index (χ4n) is 1.53. The fraction of sp³-hybridized carbons (Fsp3) is 0.750. The van der Waals surface area contributed by atoms with Crippen molar-refractivity contribution >= 4 is 17.7 Å². The third kappa shape index (κ3) is 4.47. The van der Waals surface area contributed by atoms with Gasteiger partial charge in [0.25, 0.3) is 0 Å². The van der Waals surface area contributed by atoms with E-state index >= 15 is 0 Å². The molecule has 4 heteroatoms. The van der Waals surface area contributed by atoms with E-state index in [0.29, 0.717) is 5.92 Å². The zero-order chi connectivity index (χ0) is 12.0. The number of imidazole rings is 1. The molecule has 0 saturated heterocycles. The quantitative estimate of drug-likeness (QED) is 0.744. The molecule has 1 aromatic heterocycles. The Morgan fingerprint density at radius 1 is 1.50 bits per heavy atom. The lowest BCUT2D eigenvalue weighted by atomic mass is 10.2. The van der Waals surface area contributed by atoms with Crippen molar-refractivity contribution in [3.05, 3.63) is 11.9 Å². The first-order chi connectivity index (χ1) is 7.63. The second kappa shape index (κ2) is 6.84. The highest BCUT2D eigenvalue weighted by molar-refractivity contribution is 7.98. The summed E-state index contributed by atoms with van der Waals surface area (Å²) >= 11 is 1.90. The summed E-state index contributed by atoms with van der Waals surface area (Å²) in [4.78, 5) is 4.51. The van der Waals surface area contributed by atoms with Crippen molar-refractivity contribution in [1.29, 1.82) is 0 Å². The van der Waals surface area contributed by atoms with Crippen LogP contribution in [0.5, 0.6) is 0 Å². The number of aromatic nitrogens is 2. The molecular formula is C12H23N3S. The first-order valence-electron chi connectivity index (χ1n) is 5.90. The number of hydrogen-bond donors (Lipinski definition) is 1. The van der Waals surface area contributed by atoms with Gasteiger partial charge in [-0.25, -0.2) is 4.98 Å². The molecule has 0 atom stereocenters. The minimum Gasteiger partial charge on any atom is -0.355 e. The van der Waals surface area contributed by atoms with Gasteiger partial charge in [-0.3, -0.25) is 0 Å². The molecule has 1 N–H and O–H groups in total. The molecule has 0 bridgehead atoms. The number of nitrogens with one attached hydrogen (secondary N) is 1. The van der Waals surface area contributed by atoms with Crippen molar-refractivity contribution in [3.63, 3.8) is 0 Å². The van der Waals surface area contributed by atoms with Crippen LogP contribution in [0.4, 0.5) is 5.95 Å². The summed E-state index contributed by atoms with van der Waals surface area (Å²) in [5, 5.41) is 3.41. The zero-order valence-electron chi connectivity index (χ0n) is 10.8. The molecule has 0 fully saturated rings. The van der Waals surface area contributed by atoms with E-state index in [1.807, 2.05) is 18.7 Å². The molecule has 1 rings (SSSR count). The molecule has 0 radical (unpaired) electrons. The SMILES string of the molecule is CSCCCn1cc(C)nc1NCC(C)C. The Hall–Kier alpha value is -0.640. The van der Waals surface area contributed by atoms with Gasteiger partial charge in [-0.1, -0.05) is 13.8 Å². The molecule has 0 saturated carbocycles. The highest BCUT2D eigenvalue weighted by Gasteiger charge is 2.05. The van der Waals surface area contributed by atoms with Crippen molar-refractivity contribution in [3.8, 4) is 0 Å². The maximum atomic E-state index is 4.51. The minimum atomic E-state index is 0.650. The summed E-state index contributed by atoms with van der Waals surface area (Å²) in [5.74, 6) is 2.88. The minimum absolute atomic E-state index is 0.650. The lowest BCUT2D eigenvalue weighted by Gasteiger charge is -2.10. The lowest BCUT2D eigenvalue weighted by molar-refractivity contribution is 0.656. The zero-order valence-corrected chi connectivity index (χ0v) is 11.6. The number of aryl methyl sites for hydroxylation is 2. The Bertz CT molecular complexity index is 307. The van der Waals surface area contributed by atoms with Gasteiger partial charge in [-0.05, 0) is 31.3 Å². The van der Waals surface area contributed by atoms with E-state index in [0.717, 1.165) is 24.7 Å². The van der Waals surface area contributed by atoms with Gasteiger partial charge >= 0.3 is 0 Å². The van der Waals surface area contributed by atoms with Gasteiger partial charge in [0.15, 0.2) is 0 Å². The van der Waals surface area contributed by atoms with E-state index in [9.17, 15) is 0 Å². The van der Waals surface area contributed by atoms with Gasteiger partial charge < -0.3 is 9.88 Å². The summed E-state index contributed by atoms with van der Waals surface area (Å²) < 4.78 is 2.23.